The van der Waals surface area contributed by atoms with Gasteiger partial charge in [-0.3, -0.25) is 4.79 Å². The minimum absolute atomic E-state index is 0.0148. The second-order valence-electron chi connectivity index (χ2n) is 3.08. The molecule has 0 aliphatic carbocycles. The van der Waals surface area contributed by atoms with Crippen LogP contribution in [0.5, 0.6) is 0 Å². The summed E-state index contributed by atoms with van der Waals surface area (Å²) in [6, 6.07) is 3.58. The fourth-order valence-electron chi connectivity index (χ4n) is 1.27. The van der Waals surface area contributed by atoms with E-state index in [0.717, 1.165) is 0 Å². The zero-order valence-electron chi connectivity index (χ0n) is 8.37. The zero-order chi connectivity index (χ0) is 10.6. The molecule has 1 heterocycles. The Kier molecular flexibility index (Phi) is 4.35. The molecule has 1 atom stereocenters. The Balaban J connectivity index is 2.77. The summed E-state index contributed by atoms with van der Waals surface area (Å²) in [5.41, 5.74) is -0.0148. The topological polar surface area (TPSA) is 31.2 Å². The van der Waals surface area contributed by atoms with Gasteiger partial charge in [-0.2, -0.15) is 0 Å². The molecule has 78 valence electrons. The molecule has 0 radical (unpaired) electrons. The third kappa shape index (κ3) is 2.96. The van der Waals surface area contributed by atoms with Crippen molar-refractivity contribution in [1.29, 1.82) is 0 Å². The van der Waals surface area contributed by atoms with E-state index in [4.69, 9.17) is 4.74 Å². The van der Waals surface area contributed by atoms with E-state index in [0.29, 0.717) is 17.6 Å². The quantitative estimate of drug-likeness (QED) is 0.829. The first kappa shape index (κ1) is 11.5. The zero-order valence-corrected chi connectivity index (χ0v) is 9.95. The van der Waals surface area contributed by atoms with E-state index in [1.807, 2.05) is 19.9 Å². The largest absolute Gasteiger partial charge is 0.377 e. The molecule has 0 amide bonds. The molecular weight excluding hydrogens is 246 g/mol. The van der Waals surface area contributed by atoms with Crippen molar-refractivity contribution in [2.75, 3.05) is 6.61 Å². The average Bonchev–Trinajstić information content (AvgIpc) is 2.13. The Morgan fingerprint density at radius 2 is 2.36 bits per heavy atom. The minimum Gasteiger partial charge on any atom is -0.377 e. The van der Waals surface area contributed by atoms with Crippen molar-refractivity contribution in [3.63, 3.8) is 0 Å². The lowest BCUT2D eigenvalue weighted by molar-refractivity contribution is 0.0632. The summed E-state index contributed by atoms with van der Waals surface area (Å²) in [6.45, 7) is 5.16. The predicted octanol–water partition coefficient (Wildman–Crippen LogP) is 2.04. The molecule has 1 unspecified atom stereocenters. The highest BCUT2D eigenvalue weighted by molar-refractivity contribution is 9.10. The van der Waals surface area contributed by atoms with Gasteiger partial charge in [-0.1, -0.05) is 0 Å². The van der Waals surface area contributed by atoms with Crippen LogP contribution in [0.25, 0.3) is 0 Å². The Hall–Kier alpha value is -0.610. The number of nitrogens with zero attached hydrogens (tertiary/aromatic N) is 1. The molecule has 14 heavy (non-hydrogen) atoms. The fraction of sp³-hybridized carbons (Fsp3) is 0.500. The molecule has 0 aliphatic heterocycles. The molecule has 0 bridgehead atoms. The van der Waals surface area contributed by atoms with Crippen molar-refractivity contribution in [3.8, 4) is 0 Å². The highest BCUT2D eigenvalue weighted by Gasteiger charge is 2.04. The number of ether oxygens (including phenoxy) is 1. The van der Waals surface area contributed by atoms with E-state index in [1.165, 1.54) is 0 Å². The summed E-state index contributed by atoms with van der Waals surface area (Å²) in [6.07, 6.45) is 1.83. The molecule has 4 heteroatoms. The fourth-order valence-corrected chi connectivity index (χ4v) is 1.65. The van der Waals surface area contributed by atoms with E-state index in [1.54, 1.807) is 16.8 Å². The smallest absolute Gasteiger partial charge is 0.264 e. The third-order valence-electron chi connectivity index (χ3n) is 1.88. The van der Waals surface area contributed by atoms with E-state index < -0.39 is 0 Å². The summed E-state index contributed by atoms with van der Waals surface area (Å²) >= 11 is 3.20. The van der Waals surface area contributed by atoms with Gasteiger partial charge in [-0.15, -0.1) is 0 Å². The molecule has 1 aromatic rings. The normalized spacial score (nSPS) is 12.8. The predicted molar refractivity (Wildman–Crippen MR) is 59.5 cm³/mol. The molecule has 0 spiro atoms. The lowest BCUT2D eigenvalue weighted by Crippen LogP contribution is -2.26. The molecule has 0 saturated heterocycles. The van der Waals surface area contributed by atoms with Crippen molar-refractivity contribution < 1.29 is 4.74 Å². The van der Waals surface area contributed by atoms with Crippen molar-refractivity contribution in [2.45, 2.75) is 26.5 Å². The van der Waals surface area contributed by atoms with Gasteiger partial charge in [0.25, 0.3) is 5.56 Å². The Morgan fingerprint density at radius 1 is 1.64 bits per heavy atom. The monoisotopic (exact) mass is 259 g/mol. The summed E-state index contributed by atoms with van der Waals surface area (Å²) in [7, 11) is 0. The number of halogens is 1. The number of rotatable bonds is 4. The van der Waals surface area contributed by atoms with Gasteiger partial charge >= 0.3 is 0 Å². The summed E-state index contributed by atoms with van der Waals surface area (Å²) < 4.78 is 7.60. The van der Waals surface area contributed by atoms with Gasteiger partial charge in [0.05, 0.1) is 17.1 Å². The molecule has 0 N–H and O–H groups in total. The summed E-state index contributed by atoms with van der Waals surface area (Å²) in [5, 5.41) is 0. The van der Waals surface area contributed by atoms with E-state index in [-0.39, 0.29) is 11.7 Å². The van der Waals surface area contributed by atoms with Crippen molar-refractivity contribution in [3.05, 3.63) is 33.2 Å². The van der Waals surface area contributed by atoms with Crippen LogP contribution in [-0.4, -0.2) is 17.3 Å². The Morgan fingerprint density at radius 3 is 3.00 bits per heavy atom. The third-order valence-corrected chi connectivity index (χ3v) is 2.48. The summed E-state index contributed by atoms with van der Waals surface area (Å²) in [5.74, 6) is 0. The van der Waals surface area contributed by atoms with Gasteiger partial charge in [0.2, 0.25) is 0 Å². The van der Waals surface area contributed by atoms with Crippen LogP contribution in [0, 0.1) is 0 Å². The Bertz CT molecular complexity index is 348. The number of pyridine rings is 1. The van der Waals surface area contributed by atoms with Gasteiger partial charge in [0, 0.05) is 12.8 Å². The number of hydrogen-bond acceptors (Lipinski definition) is 2. The van der Waals surface area contributed by atoms with Crippen molar-refractivity contribution >= 4 is 15.9 Å². The van der Waals surface area contributed by atoms with E-state index in [9.17, 15) is 4.79 Å². The maximum Gasteiger partial charge on any atom is 0.264 e. The maximum absolute atomic E-state index is 11.6. The van der Waals surface area contributed by atoms with Crippen molar-refractivity contribution in [1.82, 2.24) is 4.57 Å². The molecule has 1 aromatic heterocycles. The highest BCUT2D eigenvalue weighted by atomic mass is 79.9. The SMILES string of the molecule is CCOC(C)Cn1cccc(Br)c1=O. The molecule has 0 fully saturated rings. The van der Waals surface area contributed by atoms with Crippen LogP contribution in [0.2, 0.25) is 0 Å². The van der Waals surface area contributed by atoms with Crippen LogP contribution < -0.4 is 5.56 Å². The van der Waals surface area contributed by atoms with Crippen LogP contribution in [0.3, 0.4) is 0 Å². The molecule has 0 saturated carbocycles. The van der Waals surface area contributed by atoms with Gasteiger partial charge in [-0.25, -0.2) is 0 Å². The van der Waals surface area contributed by atoms with E-state index >= 15 is 0 Å². The second kappa shape index (κ2) is 5.32. The van der Waals surface area contributed by atoms with Gasteiger partial charge < -0.3 is 9.30 Å². The van der Waals surface area contributed by atoms with Crippen LogP contribution in [-0.2, 0) is 11.3 Å². The maximum atomic E-state index is 11.6. The van der Waals surface area contributed by atoms with Crippen LogP contribution in [0.15, 0.2) is 27.6 Å². The van der Waals surface area contributed by atoms with Crippen LogP contribution in [0.1, 0.15) is 13.8 Å². The molecule has 0 aromatic carbocycles. The van der Waals surface area contributed by atoms with Crippen LogP contribution >= 0.6 is 15.9 Å². The first-order valence-electron chi connectivity index (χ1n) is 4.61. The number of aromatic nitrogens is 1. The van der Waals surface area contributed by atoms with Gasteiger partial charge in [-0.05, 0) is 41.9 Å². The number of hydrogen-bond donors (Lipinski definition) is 0. The summed E-state index contributed by atoms with van der Waals surface area (Å²) in [4.78, 5) is 11.6. The highest BCUT2D eigenvalue weighted by Crippen LogP contribution is 2.02. The second-order valence-corrected chi connectivity index (χ2v) is 3.93. The molecular formula is C10H14BrNO2. The van der Waals surface area contributed by atoms with Gasteiger partial charge in [0.1, 0.15) is 0 Å². The molecule has 1 rings (SSSR count). The standard InChI is InChI=1S/C10H14BrNO2/c1-3-14-8(2)7-12-6-4-5-9(11)10(12)13/h4-6,8H,3,7H2,1-2H3. The first-order chi connectivity index (χ1) is 6.65. The minimum atomic E-state index is -0.0148. The van der Waals surface area contributed by atoms with Crippen LogP contribution in [0.4, 0.5) is 0 Å². The first-order valence-corrected chi connectivity index (χ1v) is 5.41. The Labute approximate surface area is 91.8 Å². The molecule has 3 nitrogen and oxygen atoms in total. The van der Waals surface area contributed by atoms with Gasteiger partial charge in [0.15, 0.2) is 0 Å². The average molecular weight is 260 g/mol. The molecule has 0 aliphatic rings. The lowest BCUT2D eigenvalue weighted by atomic mass is 10.3. The van der Waals surface area contributed by atoms with E-state index in [2.05, 4.69) is 15.9 Å². The lowest BCUT2D eigenvalue weighted by Gasteiger charge is -2.13. The van der Waals surface area contributed by atoms with Crippen molar-refractivity contribution in [2.24, 2.45) is 0 Å².